The molecule has 0 radical (unpaired) electrons. The summed E-state index contributed by atoms with van der Waals surface area (Å²) in [5.74, 6) is 0.624. The van der Waals surface area contributed by atoms with Gasteiger partial charge in [0, 0.05) is 17.3 Å². The van der Waals surface area contributed by atoms with Crippen LogP contribution in [0.5, 0.6) is 5.75 Å². The van der Waals surface area contributed by atoms with Crippen molar-refractivity contribution in [2.75, 3.05) is 20.2 Å². The Morgan fingerprint density at radius 3 is 2.80 bits per heavy atom. The molecule has 1 amide bonds. The number of aliphatic imine (C=N–C) groups is 1. The molecule has 0 unspecified atom stereocenters. The van der Waals surface area contributed by atoms with Crippen LogP contribution in [0.3, 0.4) is 0 Å². The molecule has 0 fully saturated rings. The van der Waals surface area contributed by atoms with Crippen molar-refractivity contribution in [3.63, 3.8) is 0 Å². The van der Waals surface area contributed by atoms with Gasteiger partial charge in [0.25, 0.3) is 5.91 Å². The van der Waals surface area contributed by atoms with E-state index in [1.54, 1.807) is 35.2 Å². The zero-order valence-corrected chi connectivity index (χ0v) is 15.1. The minimum atomic E-state index is -0.267. The minimum absolute atomic E-state index is 0.192. The number of nitrogens with zero attached hydrogens (tertiary/aromatic N) is 2. The van der Waals surface area contributed by atoms with Crippen molar-refractivity contribution in [2.45, 2.75) is 5.75 Å². The van der Waals surface area contributed by atoms with Crippen molar-refractivity contribution >= 4 is 34.4 Å². The Morgan fingerprint density at radius 2 is 2.08 bits per heavy atom. The number of amidine groups is 1. The number of methoxy groups -OCH3 is 1. The van der Waals surface area contributed by atoms with E-state index in [9.17, 15) is 9.18 Å². The SMILES string of the molecule is COc1ccc(Cl)cc1C(=O)N1CCN=C1SCc1ccc(F)cc1. The van der Waals surface area contributed by atoms with Gasteiger partial charge in [-0.1, -0.05) is 35.5 Å². The Hall–Kier alpha value is -2.05. The molecule has 0 aromatic heterocycles. The summed E-state index contributed by atoms with van der Waals surface area (Å²) < 4.78 is 18.2. The largest absolute Gasteiger partial charge is 0.496 e. The predicted molar refractivity (Wildman–Crippen MR) is 99.0 cm³/mol. The Balaban J connectivity index is 1.73. The summed E-state index contributed by atoms with van der Waals surface area (Å²) in [6.07, 6.45) is 0. The molecule has 2 aromatic carbocycles. The summed E-state index contributed by atoms with van der Waals surface area (Å²) in [6, 6.07) is 11.3. The number of benzene rings is 2. The number of thioether (sulfide) groups is 1. The Bertz CT molecular complexity index is 811. The molecular formula is C18H16ClFN2O2S. The zero-order valence-electron chi connectivity index (χ0n) is 13.5. The molecule has 0 aliphatic carbocycles. The number of halogens is 2. The van der Waals surface area contributed by atoms with Crippen LogP contribution >= 0.6 is 23.4 Å². The summed E-state index contributed by atoms with van der Waals surface area (Å²) in [6.45, 7) is 1.07. The van der Waals surface area contributed by atoms with Gasteiger partial charge in [0.05, 0.1) is 19.2 Å². The highest BCUT2D eigenvalue weighted by Crippen LogP contribution is 2.27. The molecule has 1 heterocycles. The van der Waals surface area contributed by atoms with E-state index in [1.807, 2.05) is 0 Å². The van der Waals surface area contributed by atoms with E-state index in [1.165, 1.54) is 31.0 Å². The van der Waals surface area contributed by atoms with Gasteiger partial charge < -0.3 is 4.74 Å². The summed E-state index contributed by atoms with van der Waals surface area (Å²) in [5, 5.41) is 1.12. The molecule has 0 N–H and O–H groups in total. The first-order valence-electron chi connectivity index (χ1n) is 7.65. The van der Waals surface area contributed by atoms with Crippen molar-refractivity contribution in [1.82, 2.24) is 4.90 Å². The van der Waals surface area contributed by atoms with Crippen LogP contribution in [0, 0.1) is 5.82 Å². The molecule has 4 nitrogen and oxygen atoms in total. The zero-order chi connectivity index (χ0) is 17.8. The van der Waals surface area contributed by atoms with E-state index in [-0.39, 0.29) is 11.7 Å². The van der Waals surface area contributed by atoms with Crippen molar-refractivity contribution in [2.24, 2.45) is 4.99 Å². The lowest BCUT2D eigenvalue weighted by molar-refractivity contribution is 0.0857. The summed E-state index contributed by atoms with van der Waals surface area (Å²) in [7, 11) is 1.52. The fraction of sp³-hybridized carbons (Fsp3) is 0.222. The van der Waals surface area contributed by atoms with Crippen LogP contribution < -0.4 is 4.74 Å². The molecule has 0 spiro atoms. The van der Waals surface area contributed by atoms with Crippen molar-refractivity contribution in [3.05, 3.63) is 64.4 Å². The molecule has 130 valence electrons. The van der Waals surface area contributed by atoms with E-state index in [0.717, 1.165) is 5.56 Å². The number of hydrogen-bond donors (Lipinski definition) is 0. The number of rotatable bonds is 4. The normalized spacial score (nSPS) is 13.7. The van der Waals surface area contributed by atoms with Gasteiger partial charge in [0.2, 0.25) is 0 Å². The highest BCUT2D eigenvalue weighted by molar-refractivity contribution is 8.13. The number of amides is 1. The molecule has 25 heavy (non-hydrogen) atoms. The second kappa shape index (κ2) is 7.89. The maximum Gasteiger partial charge on any atom is 0.263 e. The smallest absolute Gasteiger partial charge is 0.263 e. The number of carbonyl (C=O) groups is 1. The second-order valence-corrected chi connectivity index (χ2v) is 6.76. The summed E-state index contributed by atoms with van der Waals surface area (Å²) in [5.41, 5.74) is 1.38. The summed E-state index contributed by atoms with van der Waals surface area (Å²) in [4.78, 5) is 18.9. The topological polar surface area (TPSA) is 41.9 Å². The highest BCUT2D eigenvalue weighted by atomic mass is 35.5. The lowest BCUT2D eigenvalue weighted by atomic mass is 10.2. The molecule has 0 atom stereocenters. The van der Waals surface area contributed by atoms with Crippen LogP contribution in [0.4, 0.5) is 4.39 Å². The highest BCUT2D eigenvalue weighted by Gasteiger charge is 2.27. The van der Waals surface area contributed by atoms with E-state index >= 15 is 0 Å². The van der Waals surface area contributed by atoms with Gasteiger partial charge in [-0.05, 0) is 35.9 Å². The minimum Gasteiger partial charge on any atom is -0.496 e. The van der Waals surface area contributed by atoms with Gasteiger partial charge >= 0.3 is 0 Å². The van der Waals surface area contributed by atoms with Gasteiger partial charge in [0.15, 0.2) is 5.17 Å². The third-order valence-corrected chi connectivity index (χ3v) is 5.04. The van der Waals surface area contributed by atoms with Gasteiger partial charge in [-0.15, -0.1) is 0 Å². The first kappa shape index (κ1) is 17.8. The van der Waals surface area contributed by atoms with Crippen LogP contribution in [-0.4, -0.2) is 36.2 Å². The molecule has 0 saturated heterocycles. The van der Waals surface area contributed by atoms with Crippen LogP contribution in [0.2, 0.25) is 5.02 Å². The van der Waals surface area contributed by atoms with Gasteiger partial charge in [-0.3, -0.25) is 14.7 Å². The van der Waals surface area contributed by atoms with Crippen LogP contribution in [0.15, 0.2) is 47.5 Å². The molecule has 0 bridgehead atoms. The lowest BCUT2D eigenvalue weighted by Crippen LogP contribution is -2.33. The Labute approximate surface area is 154 Å². The average molecular weight is 379 g/mol. The van der Waals surface area contributed by atoms with Crippen LogP contribution in [-0.2, 0) is 5.75 Å². The van der Waals surface area contributed by atoms with Crippen molar-refractivity contribution in [3.8, 4) is 5.75 Å². The third kappa shape index (κ3) is 4.14. The number of ether oxygens (including phenoxy) is 1. The van der Waals surface area contributed by atoms with Crippen LogP contribution in [0.25, 0.3) is 0 Å². The fourth-order valence-electron chi connectivity index (χ4n) is 2.46. The van der Waals surface area contributed by atoms with E-state index in [0.29, 0.717) is 40.3 Å². The van der Waals surface area contributed by atoms with Gasteiger partial charge in [-0.25, -0.2) is 4.39 Å². The maximum absolute atomic E-state index is 13.0. The Morgan fingerprint density at radius 1 is 1.32 bits per heavy atom. The molecule has 3 rings (SSSR count). The molecule has 2 aromatic rings. The molecule has 1 aliphatic heterocycles. The first-order valence-corrected chi connectivity index (χ1v) is 9.02. The van der Waals surface area contributed by atoms with Crippen molar-refractivity contribution < 1.29 is 13.9 Å². The number of hydrogen-bond acceptors (Lipinski definition) is 4. The lowest BCUT2D eigenvalue weighted by Gasteiger charge is -2.19. The van der Waals surface area contributed by atoms with E-state index in [2.05, 4.69) is 4.99 Å². The third-order valence-electron chi connectivity index (χ3n) is 3.72. The molecule has 7 heteroatoms. The van der Waals surface area contributed by atoms with Crippen molar-refractivity contribution in [1.29, 1.82) is 0 Å². The van der Waals surface area contributed by atoms with E-state index in [4.69, 9.17) is 16.3 Å². The predicted octanol–water partition coefficient (Wildman–Crippen LogP) is 4.23. The quantitative estimate of drug-likeness (QED) is 0.799. The standard InChI is InChI=1S/C18H16ClFN2O2S/c1-24-16-7-4-13(19)10-15(16)17(23)22-9-8-21-18(22)25-11-12-2-5-14(20)6-3-12/h2-7,10H,8-9,11H2,1H3. The van der Waals surface area contributed by atoms with Gasteiger partial charge in [-0.2, -0.15) is 0 Å². The molecular weight excluding hydrogens is 363 g/mol. The van der Waals surface area contributed by atoms with Crippen LogP contribution in [0.1, 0.15) is 15.9 Å². The van der Waals surface area contributed by atoms with E-state index < -0.39 is 0 Å². The Kier molecular flexibility index (Phi) is 5.60. The second-order valence-electron chi connectivity index (χ2n) is 5.38. The fourth-order valence-corrected chi connectivity index (χ4v) is 3.63. The average Bonchev–Trinajstić information content (AvgIpc) is 3.09. The number of carbonyl (C=O) groups excluding carboxylic acids is 1. The first-order chi connectivity index (χ1) is 12.1. The summed E-state index contributed by atoms with van der Waals surface area (Å²) >= 11 is 7.47. The molecule has 0 saturated carbocycles. The van der Waals surface area contributed by atoms with Gasteiger partial charge in [0.1, 0.15) is 11.6 Å². The maximum atomic E-state index is 13.0. The molecule has 1 aliphatic rings. The monoisotopic (exact) mass is 378 g/mol.